The van der Waals surface area contributed by atoms with Gasteiger partial charge in [-0.15, -0.1) is 0 Å². The van der Waals surface area contributed by atoms with Gasteiger partial charge in [0.1, 0.15) is 0 Å². The Morgan fingerprint density at radius 2 is 2.00 bits per heavy atom. The van der Waals surface area contributed by atoms with E-state index in [-0.39, 0.29) is 5.91 Å². The highest BCUT2D eigenvalue weighted by Crippen LogP contribution is 2.34. The van der Waals surface area contributed by atoms with E-state index >= 15 is 0 Å². The Labute approximate surface area is 132 Å². The summed E-state index contributed by atoms with van der Waals surface area (Å²) in [7, 11) is 0. The molecule has 3 aromatic rings. The van der Waals surface area contributed by atoms with Crippen LogP contribution in [0.1, 0.15) is 16.7 Å². The molecule has 4 nitrogen and oxygen atoms in total. The lowest BCUT2D eigenvalue weighted by Gasteiger charge is -2.03. The molecule has 0 aliphatic carbocycles. The maximum absolute atomic E-state index is 12.3. The van der Waals surface area contributed by atoms with Crippen molar-refractivity contribution in [1.29, 1.82) is 5.26 Å². The first-order valence-electron chi connectivity index (χ1n) is 7.17. The lowest BCUT2D eigenvalue weighted by atomic mass is 10.0. The van der Waals surface area contributed by atoms with Crippen molar-refractivity contribution in [2.75, 3.05) is 5.32 Å². The monoisotopic (exact) mass is 297 g/mol. The highest BCUT2D eigenvalue weighted by atomic mass is 16.2. The number of benzene rings is 2. The molecule has 0 bridgehead atoms. The van der Waals surface area contributed by atoms with E-state index in [4.69, 9.17) is 5.26 Å². The van der Waals surface area contributed by atoms with Crippen LogP contribution in [0.2, 0.25) is 0 Å². The molecule has 1 aromatic heterocycles. The number of nitrogens with zero attached hydrogens (tertiary/aromatic N) is 2. The van der Waals surface area contributed by atoms with Gasteiger partial charge >= 0.3 is 0 Å². The van der Waals surface area contributed by atoms with Crippen molar-refractivity contribution in [3.63, 3.8) is 0 Å². The number of amides is 1. The molecule has 0 saturated carbocycles. The second-order valence-corrected chi connectivity index (χ2v) is 5.30. The second-order valence-electron chi connectivity index (χ2n) is 5.30. The van der Waals surface area contributed by atoms with Gasteiger partial charge in [-0.1, -0.05) is 18.2 Å². The number of hydrogen-bond donors (Lipinski definition) is 1. The predicted molar refractivity (Wildman–Crippen MR) is 89.4 cm³/mol. The smallest absolute Gasteiger partial charge is 0.256 e. The molecule has 0 unspecified atom stereocenters. The van der Waals surface area contributed by atoms with Crippen LogP contribution in [0.4, 0.5) is 5.69 Å². The molecule has 1 N–H and O–H groups in total. The third-order valence-corrected chi connectivity index (χ3v) is 3.91. The Morgan fingerprint density at radius 3 is 2.87 bits per heavy atom. The third kappa shape index (κ3) is 2.16. The van der Waals surface area contributed by atoms with E-state index in [1.807, 2.05) is 36.4 Å². The molecule has 0 radical (unpaired) electrons. The van der Waals surface area contributed by atoms with Crippen LogP contribution in [-0.2, 0) is 4.79 Å². The van der Waals surface area contributed by atoms with Gasteiger partial charge in [0.15, 0.2) is 0 Å². The van der Waals surface area contributed by atoms with Gasteiger partial charge in [0.25, 0.3) is 5.91 Å². The van der Waals surface area contributed by atoms with E-state index in [0.29, 0.717) is 11.1 Å². The largest absolute Gasteiger partial charge is 0.321 e. The van der Waals surface area contributed by atoms with Gasteiger partial charge in [-0.25, -0.2) is 0 Å². The zero-order valence-corrected chi connectivity index (χ0v) is 12.1. The van der Waals surface area contributed by atoms with Crippen LogP contribution in [0.15, 0.2) is 54.7 Å². The van der Waals surface area contributed by atoms with Crippen LogP contribution in [-0.4, -0.2) is 10.9 Å². The molecule has 1 amide bonds. The highest BCUT2D eigenvalue weighted by molar-refractivity contribution is 6.35. The third-order valence-electron chi connectivity index (χ3n) is 3.91. The summed E-state index contributed by atoms with van der Waals surface area (Å²) in [4.78, 5) is 16.6. The minimum Gasteiger partial charge on any atom is -0.321 e. The number of anilines is 1. The van der Waals surface area contributed by atoms with Gasteiger partial charge in [0.2, 0.25) is 0 Å². The second kappa shape index (κ2) is 5.08. The Kier molecular flexibility index (Phi) is 2.92. The standard InChI is InChI=1S/C19H11N3O/c20-11-12-5-6-18-15(9-12)16(19(23)22-18)10-13-7-8-21-17-4-2-1-3-14(13)17/h1-10H,(H,22,23). The number of nitrogens with one attached hydrogen (secondary N) is 1. The molecule has 2 aromatic carbocycles. The van der Waals surface area contributed by atoms with Crippen molar-refractivity contribution in [3.8, 4) is 6.07 Å². The number of pyridine rings is 1. The van der Waals surface area contributed by atoms with E-state index < -0.39 is 0 Å². The van der Waals surface area contributed by atoms with Crippen molar-refractivity contribution < 1.29 is 4.79 Å². The molecule has 0 spiro atoms. The summed E-state index contributed by atoms with van der Waals surface area (Å²) in [5.74, 6) is -0.156. The van der Waals surface area contributed by atoms with Crippen molar-refractivity contribution in [3.05, 3.63) is 71.4 Å². The molecular weight excluding hydrogens is 286 g/mol. The van der Waals surface area contributed by atoms with E-state index in [9.17, 15) is 4.79 Å². The topological polar surface area (TPSA) is 65.8 Å². The number of para-hydroxylation sites is 1. The number of rotatable bonds is 1. The first-order valence-corrected chi connectivity index (χ1v) is 7.17. The lowest BCUT2D eigenvalue weighted by Crippen LogP contribution is -2.03. The summed E-state index contributed by atoms with van der Waals surface area (Å²) >= 11 is 0. The van der Waals surface area contributed by atoms with E-state index in [0.717, 1.165) is 27.7 Å². The maximum atomic E-state index is 12.3. The molecular formula is C19H11N3O. The van der Waals surface area contributed by atoms with Crippen LogP contribution < -0.4 is 5.32 Å². The van der Waals surface area contributed by atoms with Crippen molar-refractivity contribution in [1.82, 2.24) is 4.98 Å². The van der Waals surface area contributed by atoms with Gasteiger partial charge < -0.3 is 5.32 Å². The van der Waals surface area contributed by atoms with Gasteiger partial charge in [-0.3, -0.25) is 9.78 Å². The number of hydrogen-bond acceptors (Lipinski definition) is 3. The van der Waals surface area contributed by atoms with Crippen LogP contribution in [0.5, 0.6) is 0 Å². The summed E-state index contributed by atoms with van der Waals surface area (Å²) in [6.45, 7) is 0. The Bertz CT molecular complexity index is 1020. The summed E-state index contributed by atoms with van der Waals surface area (Å²) in [5.41, 5.74) is 4.40. The fourth-order valence-corrected chi connectivity index (χ4v) is 2.80. The van der Waals surface area contributed by atoms with E-state index in [1.165, 1.54) is 0 Å². The summed E-state index contributed by atoms with van der Waals surface area (Å²) < 4.78 is 0. The number of carbonyl (C=O) groups is 1. The number of fused-ring (bicyclic) bond motifs is 2. The van der Waals surface area contributed by atoms with Crippen molar-refractivity contribution in [2.24, 2.45) is 0 Å². The van der Waals surface area contributed by atoms with Crippen LogP contribution >= 0.6 is 0 Å². The van der Waals surface area contributed by atoms with Gasteiger partial charge in [-0.2, -0.15) is 5.26 Å². The predicted octanol–water partition coefficient (Wildman–Crippen LogP) is 3.60. The quantitative estimate of drug-likeness (QED) is 0.698. The summed E-state index contributed by atoms with van der Waals surface area (Å²) in [6.07, 6.45) is 3.58. The number of carbonyl (C=O) groups excluding carboxylic acids is 1. The Morgan fingerprint density at radius 1 is 1.13 bits per heavy atom. The minimum absolute atomic E-state index is 0.156. The number of aromatic nitrogens is 1. The molecule has 0 saturated heterocycles. The average Bonchev–Trinajstić information content (AvgIpc) is 2.90. The van der Waals surface area contributed by atoms with Crippen LogP contribution in [0.3, 0.4) is 0 Å². The highest BCUT2D eigenvalue weighted by Gasteiger charge is 2.24. The van der Waals surface area contributed by atoms with Crippen molar-refractivity contribution >= 4 is 34.1 Å². The molecule has 4 rings (SSSR count). The molecule has 108 valence electrons. The van der Waals surface area contributed by atoms with Crippen LogP contribution in [0, 0.1) is 11.3 Å². The van der Waals surface area contributed by atoms with Gasteiger partial charge in [-0.05, 0) is 42.0 Å². The summed E-state index contributed by atoms with van der Waals surface area (Å²) in [5, 5.41) is 12.9. The normalized spacial score (nSPS) is 14.6. The SMILES string of the molecule is N#Cc1ccc2c(c1)C(=Cc1ccnc3ccccc13)C(=O)N2. The fraction of sp³-hybridized carbons (Fsp3) is 0. The van der Waals surface area contributed by atoms with E-state index in [2.05, 4.69) is 16.4 Å². The Hall–Kier alpha value is -3.45. The molecule has 2 heterocycles. The van der Waals surface area contributed by atoms with Gasteiger partial charge in [0.05, 0.1) is 17.1 Å². The van der Waals surface area contributed by atoms with Crippen LogP contribution in [0.25, 0.3) is 22.6 Å². The molecule has 0 fully saturated rings. The molecule has 4 heteroatoms. The first-order chi connectivity index (χ1) is 11.3. The zero-order valence-electron chi connectivity index (χ0n) is 12.1. The molecule has 23 heavy (non-hydrogen) atoms. The van der Waals surface area contributed by atoms with Gasteiger partial charge in [0, 0.05) is 28.4 Å². The zero-order chi connectivity index (χ0) is 15.8. The summed E-state index contributed by atoms with van der Waals surface area (Å²) in [6, 6.07) is 17.0. The Balaban J connectivity index is 1.92. The average molecular weight is 297 g/mol. The fourth-order valence-electron chi connectivity index (χ4n) is 2.80. The van der Waals surface area contributed by atoms with Crippen molar-refractivity contribution in [2.45, 2.75) is 0 Å². The lowest BCUT2D eigenvalue weighted by molar-refractivity contribution is -0.110. The molecule has 0 atom stereocenters. The van der Waals surface area contributed by atoms with E-state index in [1.54, 1.807) is 24.4 Å². The number of nitriles is 1. The maximum Gasteiger partial charge on any atom is 0.256 e. The minimum atomic E-state index is -0.156. The molecule has 1 aliphatic rings. The molecule has 1 aliphatic heterocycles. The first kappa shape index (κ1) is 13.2.